The lowest BCUT2D eigenvalue weighted by molar-refractivity contribution is -0.131. The number of urea groups is 1. The molecule has 0 bridgehead atoms. The molecule has 0 unspecified atom stereocenters. The highest BCUT2D eigenvalue weighted by atomic mass is 19.2. The van der Waals surface area contributed by atoms with Crippen LogP contribution in [-0.4, -0.2) is 23.0 Å². The first-order valence-electron chi connectivity index (χ1n) is 4.97. The van der Waals surface area contributed by atoms with Crippen LogP contribution in [0.25, 0.3) is 0 Å². The van der Waals surface area contributed by atoms with Crippen LogP contribution in [0.3, 0.4) is 0 Å². The molecular weight excluding hydrogens is 281 g/mol. The summed E-state index contributed by atoms with van der Waals surface area (Å²) in [5.74, 6) is -6.57. The van der Waals surface area contributed by atoms with Crippen molar-refractivity contribution in [2.24, 2.45) is 0 Å². The first-order valence-corrected chi connectivity index (χ1v) is 4.97. The number of anilines is 1. The number of hydrogen-bond acceptors (Lipinski definition) is 3. The number of nitrogens with one attached hydrogen (secondary N) is 2. The summed E-state index contributed by atoms with van der Waals surface area (Å²) in [6.07, 6.45) is 1.02. The second-order valence-corrected chi connectivity index (χ2v) is 3.36. The quantitative estimate of drug-likeness (QED) is 0.578. The first-order chi connectivity index (χ1) is 9.29. The van der Waals surface area contributed by atoms with Gasteiger partial charge in [0.05, 0.1) is 5.69 Å². The molecule has 0 heterocycles. The monoisotopic (exact) mass is 288 g/mol. The van der Waals surface area contributed by atoms with E-state index in [1.165, 1.54) is 0 Å². The van der Waals surface area contributed by atoms with Crippen LogP contribution in [0.15, 0.2) is 24.3 Å². The predicted molar refractivity (Wildman–Crippen MR) is 60.3 cm³/mol. The number of carbonyl (C=O) groups is 3. The second kappa shape index (κ2) is 6.36. The van der Waals surface area contributed by atoms with Crippen molar-refractivity contribution >= 4 is 23.6 Å². The van der Waals surface area contributed by atoms with Gasteiger partial charge in [-0.3, -0.25) is 10.1 Å². The molecule has 3 N–H and O–H groups in total. The van der Waals surface area contributed by atoms with Gasteiger partial charge in [0.1, 0.15) is 5.82 Å². The highest BCUT2D eigenvalue weighted by Crippen LogP contribution is 2.18. The molecule has 1 aromatic rings. The summed E-state index contributed by atoms with van der Waals surface area (Å²) >= 11 is 0. The number of imide groups is 1. The SMILES string of the molecule is O=C(O)C=CC(=O)NC(=O)Nc1cc(F)c(F)cc1F. The average Bonchev–Trinajstić information content (AvgIpc) is 2.33. The summed E-state index contributed by atoms with van der Waals surface area (Å²) in [7, 11) is 0. The Morgan fingerprint density at radius 1 is 1.00 bits per heavy atom. The number of rotatable bonds is 3. The summed E-state index contributed by atoms with van der Waals surface area (Å²) in [6, 6.07) is -0.631. The molecule has 6 nitrogen and oxygen atoms in total. The third-order valence-corrected chi connectivity index (χ3v) is 1.87. The summed E-state index contributed by atoms with van der Waals surface area (Å²) in [4.78, 5) is 32.3. The second-order valence-electron chi connectivity index (χ2n) is 3.36. The molecule has 0 aliphatic rings. The van der Waals surface area contributed by atoms with Crippen LogP contribution in [0, 0.1) is 17.5 Å². The van der Waals surface area contributed by atoms with Gasteiger partial charge < -0.3 is 10.4 Å². The number of halogens is 3. The lowest BCUT2D eigenvalue weighted by atomic mass is 10.3. The molecule has 0 atom stereocenters. The van der Waals surface area contributed by atoms with Gasteiger partial charge in [0, 0.05) is 24.3 Å². The largest absolute Gasteiger partial charge is 0.478 e. The Bertz CT molecular complexity index is 602. The zero-order chi connectivity index (χ0) is 15.3. The molecule has 0 aromatic heterocycles. The van der Waals surface area contributed by atoms with Gasteiger partial charge in [0.2, 0.25) is 0 Å². The van der Waals surface area contributed by atoms with Crippen molar-refractivity contribution in [3.05, 3.63) is 41.7 Å². The van der Waals surface area contributed by atoms with E-state index < -0.39 is 41.0 Å². The Balaban J connectivity index is 2.70. The number of hydrogen-bond donors (Lipinski definition) is 3. The zero-order valence-electron chi connectivity index (χ0n) is 9.62. The maximum absolute atomic E-state index is 13.2. The van der Waals surface area contributed by atoms with Crippen molar-refractivity contribution in [2.75, 3.05) is 5.32 Å². The molecule has 0 fully saturated rings. The predicted octanol–water partition coefficient (Wildman–Crippen LogP) is 1.39. The Morgan fingerprint density at radius 3 is 2.20 bits per heavy atom. The van der Waals surface area contributed by atoms with E-state index in [0.29, 0.717) is 18.2 Å². The zero-order valence-corrected chi connectivity index (χ0v) is 9.62. The molecule has 0 saturated heterocycles. The Labute approximate surface area is 109 Å². The maximum Gasteiger partial charge on any atom is 0.328 e. The molecule has 106 valence electrons. The van der Waals surface area contributed by atoms with E-state index in [0.717, 1.165) is 0 Å². The summed E-state index contributed by atoms with van der Waals surface area (Å²) in [5.41, 5.74) is -0.684. The average molecular weight is 288 g/mol. The molecule has 1 aromatic carbocycles. The van der Waals surface area contributed by atoms with Crippen LogP contribution >= 0.6 is 0 Å². The lowest BCUT2D eigenvalue weighted by Gasteiger charge is -2.06. The smallest absolute Gasteiger partial charge is 0.328 e. The minimum atomic E-state index is -1.44. The Hall–Kier alpha value is -2.84. The Morgan fingerprint density at radius 2 is 1.60 bits per heavy atom. The highest BCUT2D eigenvalue weighted by Gasteiger charge is 2.13. The molecule has 0 aliphatic carbocycles. The fourth-order valence-corrected chi connectivity index (χ4v) is 1.07. The van der Waals surface area contributed by atoms with Gasteiger partial charge in [-0.05, 0) is 0 Å². The van der Waals surface area contributed by atoms with Crippen LogP contribution in [-0.2, 0) is 9.59 Å². The molecule has 0 saturated carbocycles. The summed E-state index contributed by atoms with van der Waals surface area (Å²) in [6.45, 7) is 0. The highest BCUT2D eigenvalue weighted by molar-refractivity contribution is 6.06. The van der Waals surface area contributed by atoms with Gasteiger partial charge in [-0.25, -0.2) is 22.8 Å². The third kappa shape index (κ3) is 4.44. The van der Waals surface area contributed by atoms with Crippen LogP contribution in [0.5, 0.6) is 0 Å². The molecule has 9 heteroatoms. The van der Waals surface area contributed by atoms with E-state index in [1.807, 2.05) is 0 Å². The van der Waals surface area contributed by atoms with Crippen LogP contribution in [0.1, 0.15) is 0 Å². The fraction of sp³-hybridized carbons (Fsp3) is 0. The van der Waals surface area contributed by atoms with E-state index in [1.54, 1.807) is 10.6 Å². The number of carbonyl (C=O) groups excluding carboxylic acids is 2. The number of amides is 3. The van der Waals surface area contributed by atoms with Gasteiger partial charge in [0.15, 0.2) is 11.6 Å². The number of benzene rings is 1. The van der Waals surface area contributed by atoms with Crippen molar-refractivity contribution in [1.82, 2.24) is 5.32 Å². The molecule has 3 amide bonds. The molecule has 0 aliphatic heterocycles. The normalized spacial score (nSPS) is 10.3. The Kier molecular flexibility index (Phi) is 4.84. The van der Waals surface area contributed by atoms with Crippen LogP contribution in [0.2, 0.25) is 0 Å². The van der Waals surface area contributed by atoms with Crippen molar-refractivity contribution in [3.8, 4) is 0 Å². The molecular formula is C11H7F3N2O4. The van der Waals surface area contributed by atoms with Crippen LogP contribution < -0.4 is 10.6 Å². The van der Waals surface area contributed by atoms with E-state index in [4.69, 9.17) is 5.11 Å². The van der Waals surface area contributed by atoms with Gasteiger partial charge >= 0.3 is 12.0 Å². The van der Waals surface area contributed by atoms with Crippen molar-refractivity contribution in [1.29, 1.82) is 0 Å². The van der Waals surface area contributed by atoms with Crippen LogP contribution in [0.4, 0.5) is 23.7 Å². The fourth-order valence-electron chi connectivity index (χ4n) is 1.07. The van der Waals surface area contributed by atoms with Crippen molar-refractivity contribution in [2.45, 2.75) is 0 Å². The van der Waals surface area contributed by atoms with Gasteiger partial charge in [-0.2, -0.15) is 0 Å². The first kappa shape index (κ1) is 15.2. The van der Waals surface area contributed by atoms with E-state index in [2.05, 4.69) is 0 Å². The molecule has 0 radical (unpaired) electrons. The minimum Gasteiger partial charge on any atom is -0.478 e. The van der Waals surface area contributed by atoms with E-state index in [-0.39, 0.29) is 6.07 Å². The standard InChI is InChI=1S/C11H7F3N2O4/c12-5-3-7(14)8(4-6(5)13)15-11(20)16-9(17)1-2-10(18)19/h1-4H,(H,18,19)(H2,15,16,17,20). The number of aliphatic carboxylic acids is 1. The molecule has 0 spiro atoms. The van der Waals surface area contributed by atoms with E-state index in [9.17, 15) is 27.6 Å². The number of carboxylic acid groups (broad SMARTS) is 1. The maximum atomic E-state index is 13.2. The lowest BCUT2D eigenvalue weighted by Crippen LogP contribution is -2.33. The van der Waals surface area contributed by atoms with Gasteiger partial charge in [-0.15, -0.1) is 0 Å². The van der Waals surface area contributed by atoms with Gasteiger partial charge in [0.25, 0.3) is 5.91 Å². The van der Waals surface area contributed by atoms with E-state index >= 15 is 0 Å². The molecule has 1 rings (SSSR count). The van der Waals surface area contributed by atoms with Crippen molar-refractivity contribution in [3.63, 3.8) is 0 Å². The summed E-state index contributed by atoms with van der Waals surface area (Å²) in [5, 5.41) is 11.6. The minimum absolute atomic E-state index is 0.219. The third-order valence-electron chi connectivity index (χ3n) is 1.87. The summed E-state index contributed by atoms with van der Waals surface area (Å²) < 4.78 is 38.6. The van der Waals surface area contributed by atoms with Gasteiger partial charge in [-0.1, -0.05) is 0 Å². The van der Waals surface area contributed by atoms with Crippen molar-refractivity contribution < 1.29 is 32.7 Å². The number of carboxylic acids is 1. The molecule has 20 heavy (non-hydrogen) atoms. The topological polar surface area (TPSA) is 95.5 Å².